The molecular weight excluding hydrogens is 446 g/mol. The van der Waals surface area contributed by atoms with E-state index in [1.165, 1.54) is 13.2 Å². The first-order valence-corrected chi connectivity index (χ1v) is 10.3. The second-order valence-electron chi connectivity index (χ2n) is 7.00. The quantitative estimate of drug-likeness (QED) is 0.406. The van der Waals surface area contributed by atoms with E-state index in [-0.39, 0.29) is 16.9 Å². The van der Waals surface area contributed by atoms with E-state index in [4.69, 9.17) is 30.2 Å². The summed E-state index contributed by atoms with van der Waals surface area (Å²) in [5.74, 6) is 0.787. The molecule has 3 aromatic carbocycles. The molecule has 1 amide bonds. The zero-order chi connectivity index (χ0) is 23.4. The first-order valence-electron chi connectivity index (χ1n) is 9.96. The third-order valence-electron chi connectivity index (χ3n) is 4.89. The maximum atomic E-state index is 13.2. The highest BCUT2D eigenvalue weighted by Gasteiger charge is 2.19. The molecule has 8 heteroatoms. The second kappa shape index (κ2) is 9.67. The average Bonchev–Trinajstić information content (AvgIpc) is 2.84. The fourth-order valence-electron chi connectivity index (χ4n) is 3.29. The van der Waals surface area contributed by atoms with Crippen LogP contribution in [0.5, 0.6) is 17.2 Å². The van der Waals surface area contributed by atoms with Crippen molar-refractivity contribution in [3.05, 3.63) is 82.0 Å². The van der Waals surface area contributed by atoms with Gasteiger partial charge in [0.15, 0.2) is 12.4 Å². The summed E-state index contributed by atoms with van der Waals surface area (Å²) in [5.41, 5.74) is 0.988. The van der Waals surface area contributed by atoms with Crippen LogP contribution in [-0.4, -0.2) is 26.7 Å². The molecule has 0 saturated carbocycles. The van der Waals surface area contributed by atoms with Crippen molar-refractivity contribution in [3.8, 4) is 28.6 Å². The maximum Gasteiger partial charge on any atom is 0.262 e. The maximum absolute atomic E-state index is 13.2. The Bertz CT molecular complexity index is 1360. The summed E-state index contributed by atoms with van der Waals surface area (Å²) in [7, 11) is 3.07. The lowest BCUT2D eigenvalue weighted by Gasteiger charge is -2.13. The van der Waals surface area contributed by atoms with Gasteiger partial charge < -0.3 is 23.9 Å². The zero-order valence-electron chi connectivity index (χ0n) is 17.9. The van der Waals surface area contributed by atoms with Crippen LogP contribution in [0.3, 0.4) is 0 Å². The molecule has 1 heterocycles. The minimum Gasteiger partial charge on any atom is -0.497 e. The van der Waals surface area contributed by atoms with E-state index >= 15 is 0 Å². The SMILES string of the molecule is COc1ccc(-c2oc3ccc(Cl)cc3c(=O)c2OCC(=O)Nc2ccccc2OC)cc1. The Kier molecular flexibility index (Phi) is 6.51. The molecule has 0 aliphatic heterocycles. The minimum atomic E-state index is -0.467. The monoisotopic (exact) mass is 465 g/mol. The van der Waals surface area contributed by atoms with Gasteiger partial charge in [-0.1, -0.05) is 23.7 Å². The predicted molar refractivity (Wildman–Crippen MR) is 127 cm³/mol. The molecule has 168 valence electrons. The summed E-state index contributed by atoms with van der Waals surface area (Å²) in [4.78, 5) is 25.8. The highest BCUT2D eigenvalue weighted by Crippen LogP contribution is 2.33. The van der Waals surface area contributed by atoms with Crippen LogP contribution in [-0.2, 0) is 4.79 Å². The van der Waals surface area contributed by atoms with Crippen LogP contribution in [0.1, 0.15) is 0 Å². The van der Waals surface area contributed by atoms with Crippen molar-refractivity contribution in [2.45, 2.75) is 0 Å². The van der Waals surface area contributed by atoms with Gasteiger partial charge >= 0.3 is 0 Å². The summed E-state index contributed by atoms with van der Waals surface area (Å²) in [6, 6.07) is 18.7. The number of hydrogen-bond acceptors (Lipinski definition) is 6. The van der Waals surface area contributed by atoms with Crippen molar-refractivity contribution >= 4 is 34.2 Å². The van der Waals surface area contributed by atoms with Crippen LogP contribution in [0.15, 0.2) is 75.9 Å². The first kappa shape index (κ1) is 22.2. The van der Waals surface area contributed by atoms with Gasteiger partial charge in [-0.25, -0.2) is 0 Å². The first-order chi connectivity index (χ1) is 16.0. The third-order valence-corrected chi connectivity index (χ3v) is 5.13. The van der Waals surface area contributed by atoms with Gasteiger partial charge in [0.25, 0.3) is 5.91 Å². The standard InChI is InChI=1S/C25H20ClNO6/c1-30-17-10-7-15(8-11-17)24-25(23(29)18-13-16(26)9-12-20(18)33-24)32-14-22(28)27-19-5-3-4-6-21(19)31-2/h3-13H,14H2,1-2H3,(H,27,28). The molecule has 7 nitrogen and oxygen atoms in total. The molecule has 4 aromatic rings. The van der Waals surface area contributed by atoms with Gasteiger partial charge in [-0.05, 0) is 54.6 Å². The van der Waals surface area contributed by atoms with E-state index in [2.05, 4.69) is 5.32 Å². The number of halogens is 1. The highest BCUT2D eigenvalue weighted by atomic mass is 35.5. The molecule has 0 atom stereocenters. The Morgan fingerprint density at radius 2 is 1.76 bits per heavy atom. The van der Waals surface area contributed by atoms with Crippen LogP contribution in [0.4, 0.5) is 5.69 Å². The van der Waals surface area contributed by atoms with Gasteiger partial charge in [0.05, 0.1) is 25.3 Å². The second-order valence-corrected chi connectivity index (χ2v) is 7.43. The van der Waals surface area contributed by atoms with E-state index in [1.807, 2.05) is 0 Å². The number of benzene rings is 3. The van der Waals surface area contributed by atoms with Crippen molar-refractivity contribution < 1.29 is 23.4 Å². The van der Waals surface area contributed by atoms with Crippen LogP contribution in [0, 0.1) is 0 Å². The number of fused-ring (bicyclic) bond motifs is 1. The number of ether oxygens (including phenoxy) is 3. The van der Waals surface area contributed by atoms with Crippen molar-refractivity contribution in [1.29, 1.82) is 0 Å². The topological polar surface area (TPSA) is 87.0 Å². The molecule has 0 spiro atoms. The number of para-hydroxylation sites is 2. The molecule has 0 fully saturated rings. The van der Waals surface area contributed by atoms with Gasteiger partial charge in [-0.2, -0.15) is 0 Å². The predicted octanol–water partition coefficient (Wildman–Crippen LogP) is 5.15. The van der Waals surface area contributed by atoms with Crippen LogP contribution >= 0.6 is 11.6 Å². The van der Waals surface area contributed by atoms with Crippen LogP contribution < -0.4 is 25.0 Å². The average molecular weight is 466 g/mol. The van der Waals surface area contributed by atoms with Gasteiger partial charge in [-0.3, -0.25) is 9.59 Å². The normalized spacial score (nSPS) is 10.6. The Morgan fingerprint density at radius 1 is 1.00 bits per heavy atom. The molecule has 0 unspecified atom stereocenters. The molecule has 33 heavy (non-hydrogen) atoms. The van der Waals surface area contributed by atoms with E-state index in [1.54, 1.807) is 67.8 Å². The number of anilines is 1. The molecule has 0 bridgehead atoms. The number of methoxy groups -OCH3 is 2. The van der Waals surface area contributed by atoms with E-state index < -0.39 is 17.9 Å². The largest absolute Gasteiger partial charge is 0.497 e. The summed E-state index contributed by atoms with van der Waals surface area (Å²) >= 11 is 6.07. The fraction of sp³-hybridized carbons (Fsp3) is 0.120. The molecular formula is C25H20ClNO6. The summed E-state index contributed by atoms with van der Waals surface area (Å²) in [6.07, 6.45) is 0. The number of carbonyl (C=O) groups is 1. The number of nitrogens with one attached hydrogen (secondary N) is 1. The van der Waals surface area contributed by atoms with Gasteiger partial charge in [0, 0.05) is 10.6 Å². The van der Waals surface area contributed by atoms with Crippen molar-refractivity contribution in [1.82, 2.24) is 0 Å². The molecule has 1 aromatic heterocycles. The van der Waals surface area contributed by atoms with Gasteiger partial charge in [-0.15, -0.1) is 0 Å². The lowest BCUT2D eigenvalue weighted by Crippen LogP contribution is -2.23. The molecule has 0 aliphatic carbocycles. The lowest BCUT2D eigenvalue weighted by atomic mass is 10.1. The molecule has 4 rings (SSSR count). The summed E-state index contributed by atoms with van der Waals surface area (Å²) < 4.78 is 22.1. The Hall–Kier alpha value is -3.97. The van der Waals surface area contributed by atoms with E-state index in [0.29, 0.717) is 33.4 Å². The fourth-order valence-corrected chi connectivity index (χ4v) is 3.46. The van der Waals surface area contributed by atoms with E-state index in [9.17, 15) is 9.59 Å². The van der Waals surface area contributed by atoms with Crippen molar-refractivity contribution in [3.63, 3.8) is 0 Å². The summed E-state index contributed by atoms with van der Waals surface area (Å²) in [6.45, 7) is -0.419. The number of amides is 1. The van der Waals surface area contributed by atoms with Gasteiger partial charge in [0.1, 0.15) is 17.1 Å². The number of carbonyl (C=O) groups excluding carboxylic acids is 1. The zero-order valence-corrected chi connectivity index (χ0v) is 18.6. The van der Waals surface area contributed by atoms with Gasteiger partial charge in [0.2, 0.25) is 11.2 Å². The number of hydrogen-bond donors (Lipinski definition) is 1. The minimum absolute atomic E-state index is 0.0925. The molecule has 0 radical (unpaired) electrons. The Balaban J connectivity index is 1.69. The Morgan fingerprint density at radius 3 is 2.48 bits per heavy atom. The van der Waals surface area contributed by atoms with E-state index in [0.717, 1.165) is 0 Å². The molecule has 0 aliphatic rings. The third kappa shape index (κ3) is 4.78. The number of rotatable bonds is 7. The Labute approximate surface area is 194 Å². The molecule has 1 N–H and O–H groups in total. The molecule has 0 saturated heterocycles. The van der Waals surface area contributed by atoms with Crippen molar-refractivity contribution in [2.24, 2.45) is 0 Å². The lowest BCUT2D eigenvalue weighted by molar-refractivity contribution is -0.118. The smallest absolute Gasteiger partial charge is 0.262 e. The highest BCUT2D eigenvalue weighted by molar-refractivity contribution is 6.31. The summed E-state index contributed by atoms with van der Waals surface area (Å²) in [5, 5.41) is 3.34. The van der Waals surface area contributed by atoms with Crippen LogP contribution in [0.25, 0.3) is 22.3 Å². The van der Waals surface area contributed by atoms with Crippen LogP contribution in [0.2, 0.25) is 5.02 Å². The van der Waals surface area contributed by atoms with Crippen molar-refractivity contribution in [2.75, 3.05) is 26.1 Å².